The molecule has 450 valence electrons. The van der Waals surface area contributed by atoms with Crippen LogP contribution < -0.4 is 10.2 Å². The summed E-state index contributed by atoms with van der Waals surface area (Å²) in [6, 6.07) is -0.795. The second-order valence-corrected chi connectivity index (χ2v) is 26.3. The second-order valence-electron chi connectivity index (χ2n) is 24.9. The van der Waals surface area contributed by atoms with E-state index < -0.39 is 20.0 Å². The molecule has 0 aliphatic rings. The van der Waals surface area contributed by atoms with Crippen molar-refractivity contribution in [1.82, 2.24) is 5.32 Å². The number of amides is 1. The van der Waals surface area contributed by atoms with Crippen molar-refractivity contribution in [3.05, 3.63) is 0 Å². The molecule has 0 fully saturated rings. The van der Waals surface area contributed by atoms with Gasteiger partial charge < -0.3 is 28.8 Å². The van der Waals surface area contributed by atoms with Crippen molar-refractivity contribution in [3.63, 3.8) is 0 Å². The van der Waals surface area contributed by atoms with Crippen LogP contribution in [-0.2, 0) is 18.4 Å². The number of quaternary nitrogens is 1. The minimum atomic E-state index is -4.57. The summed E-state index contributed by atoms with van der Waals surface area (Å²) in [6.07, 6.45) is 71.9. The third-order valence-electron chi connectivity index (χ3n) is 16.1. The van der Waals surface area contributed by atoms with Crippen LogP contribution in [0.3, 0.4) is 0 Å². The van der Waals surface area contributed by atoms with Gasteiger partial charge in [0.05, 0.1) is 39.9 Å². The highest BCUT2D eigenvalue weighted by Crippen LogP contribution is 2.38. The second kappa shape index (κ2) is 58.2. The molecule has 0 bridgehead atoms. The number of carbonyl (C=O) groups is 1. The number of phosphoric ester groups is 1. The molecule has 8 nitrogen and oxygen atoms in total. The van der Waals surface area contributed by atoms with Crippen LogP contribution in [0, 0.1) is 0 Å². The maximum atomic E-state index is 13.0. The molecular formula is C66H135N2O6P. The zero-order valence-corrected chi connectivity index (χ0v) is 52.4. The van der Waals surface area contributed by atoms with E-state index in [1.165, 1.54) is 302 Å². The van der Waals surface area contributed by atoms with Crippen molar-refractivity contribution in [3.8, 4) is 0 Å². The standard InChI is InChI=1S/C66H135N2O6P/c1-6-8-10-12-14-16-18-20-22-24-25-26-27-28-29-30-31-32-33-34-35-36-37-38-39-40-41-42-43-44-46-48-50-52-54-56-58-60-66(70)67-64(63-74-75(71,72)73-62-61-68(3,4)5)65(69)59-57-55-53-51-49-47-45-23-21-19-17-15-13-11-9-7-2/h64-65,69H,6-63H2,1-5H3,(H-,67,70,71,72). The van der Waals surface area contributed by atoms with Gasteiger partial charge in [0, 0.05) is 6.42 Å². The van der Waals surface area contributed by atoms with Gasteiger partial charge in [0.1, 0.15) is 13.2 Å². The average Bonchev–Trinajstić information content (AvgIpc) is 3.37. The lowest BCUT2D eigenvalue weighted by Gasteiger charge is -2.30. The quantitative estimate of drug-likeness (QED) is 0.0357. The Morgan fingerprint density at radius 3 is 0.907 bits per heavy atom. The molecule has 0 saturated heterocycles. The molecule has 0 spiro atoms. The predicted molar refractivity (Wildman–Crippen MR) is 326 cm³/mol. The monoisotopic (exact) mass is 1080 g/mol. The summed E-state index contributed by atoms with van der Waals surface area (Å²) in [6.45, 7) is 4.78. The lowest BCUT2D eigenvalue weighted by molar-refractivity contribution is -0.870. The van der Waals surface area contributed by atoms with Crippen molar-refractivity contribution < 1.29 is 32.9 Å². The zero-order chi connectivity index (χ0) is 54.9. The molecule has 0 aliphatic carbocycles. The summed E-state index contributed by atoms with van der Waals surface area (Å²) in [5, 5.41) is 14.0. The zero-order valence-electron chi connectivity index (χ0n) is 51.5. The van der Waals surface area contributed by atoms with Crippen LogP contribution in [0.15, 0.2) is 0 Å². The van der Waals surface area contributed by atoms with Crippen LogP contribution in [0.5, 0.6) is 0 Å². The van der Waals surface area contributed by atoms with Crippen LogP contribution in [0.25, 0.3) is 0 Å². The van der Waals surface area contributed by atoms with Gasteiger partial charge in [0.25, 0.3) is 7.82 Å². The molecule has 9 heteroatoms. The Kier molecular flexibility index (Phi) is 57.8. The Bertz CT molecular complexity index is 1180. The number of unbranched alkanes of at least 4 members (excludes halogenated alkanes) is 51. The fourth-order valence-corrected chi connectivity index (χ4v) is 11.5. The molecule has 0 heterocycles. The minimum absolute atomic E-state index is 0.0167. The number of hydrogen-bond acceptors (Lipinski definition) is 6. The summed E-state index contributed by atoms with van der Waals surface area (Å²) in [7, 11) is 1.33. The molecule has 3 unspecified atom stereocenters. The van der Waals surface area contributed by atoms with Gasteiger partial charge in [0.15, 0.2) is 0 Å². The lowest BCUT2D eigenvalue weighted by Crippen LogP contribution is -2.46. The van der Waals surface area contributed by atoms with E-state index in [-0.39, 0.29) is 19.1 Å². The van der Waals surface area contributed by atoms with Crippen molar-refractivity contribution in [2.45, 2.75) is 379 Å². The first-order chi connectivity index (χ1) is 36.5. The maximum Gasteiger partial charge on any atom is 0.268 e. The Hall–Kier alpha value is -0.500. The molecule has 0 saturated carbocycles. The number of nitrogens with zero attached hydrogens (tertiary/aromatic N) is 1. The highest BCUT2D eigenvalue weighted by Gasteiger charge is 2.24. The van der Waals surface area contributed by atoms with Gasteiger partial charge in [-0.3, -0.25) is 9.36 Å². The van der Waals surface area contributed by atoms with E-state index in [0.29, 0.717) is 23.9 Å². The normalized spacial score (nSPS) is 13.6. The van der Waals surface area contributed by atoms with Gasteiger partial charge in [-0.15, -0.1) is 0 Å². The molecular weight excluding hydrogens is 948 g/mol. The first-order valence-electron chi connectivity index (χ1n) is 33.9. The summed E-state index contributed by atoms with van der Waals surface area (Å²) >= 11 is 0. The van der Waals surface area contributed by atoms with Crippen molar-refractivity contribution in [2.75, 3.05) is 40.9 Å². The Balaban J connectivity index is 3.86. The summed E-state index contributed by atoms with van der Waals surface area (Å²) in [4.78, 5) is 25.6. The van der Waals surface area contributed by atoms with Crippen LogP contribution in [0.2, 0.25) is 0 Å². The van der Waals surface area contributed by atoms with Crippen LogP contribution in [-0.4, -0.2) is 68.5 Å². The molecule has 0 radical (unpaired) electrons. The Labute approximate surface area is 470 Å². The van der Waals surface area contributed by atoms with Gasteiger partial charge in [-0.1, -0.05) is 348 Å². The molecule has 0 aliphatic heterocycles. The van der Waals surface area contributed by atoms with E-state index >= 15 is 0 Å². The highest BCUT2D eigenvalue weighted by atomic mass is 31.2. The van der Waals surface area contributed by atoms with Gasteiger partial charge in [-0.2, -0.15) is 0 Å². The molecule has 3 atom stereocenters. The molecule has 0 rings (SSSR count). The maximum absolute atomic E-state index is 13.0. The summed E-state index contributed by atoms with van der Waals surface area (Å²) < 4.78 is 23.5. The topological polar surface area (TPSA) is 108 Å². The summed E-state index contributed by atoms with van der Waals surface area (Å²) in [5.74, 6) is -0.155. The Morgan fingerprint density at radius 1 is 0.413 bits per heavy atom. The third-order valence-corrected chi connectivity index (χ3v) is 17.1. The molecule has 0 aromatic heterocycles. The van der Waals surface area contributed by atoms with Gasteiger partial charge in [-0.05, 0) is 12.8 Å². The van der Waals surface area contributed by atoms with Crippen LogP contribution in [0.4, 0.5) is 0 Å². The third kappa shape index (κ3) is 61.0. The van der Waals surface area contributed by atoms with Gasteiger partial charge in [0.2, 0.25) is 5.91 Å². The number of nitrogens with one attached hydrogen (secondary N) is 1. The largest absolute Gasteiger partial charge is 0.756 e. The number of aliphatic hydroxyl groups is 1. The minimum Gasteiger partial charge on any atom is -0.756 e. The fraction of sp³-hybridized carbons (Fsp3) is 0.985. The highest BCUT2D eigenvalue weighted by molar-refractivity contribution is 7.45. The number of likely N-dealkylation sites (N-methyl/N-ethyl adjacent to an activating group) is 1. The van der Waals surface area contributed by atoms with Gasteiger partial charge in [-0.25, -0.2) is 0 Å². The fourth-order valence-electron chi connectivity index (χ4n) is 10.8. The Morgan fingerprint density at radius 2 is 0.653 bits per heavy atom. The smallest absolute Gasteiger partial charge is 0.268 e. The SMILES string of the molecule is CCCCCCCCCCCCCCCCCCCCCCCCCCCCCCCCCCCCCCCC(=O)NC(COP(=O)([O-])OCC[N+](C)(C)C)C(O)CCCCCCCCCCCCCCCCCC. The molecule has 75 heavy (non-hydrogen) atoms. The van der Waals surface area contributed by atoms with Crippen LogP contribution in [0.1, 0.15) is 367 Å². The van der Waals surface area contributed by atoms with Crippen LogP contribution >= 0.6 is 7.82 Å². The molecule has 0 aromatic carbocycles. The van der Waals surface area contributed by atoms with E-state index in [1.54, 1.807) is 0 Å². The average molecular weight is 1080 g/mol. The first-order valence-corrected chi connectivity index (χ1v) is 35.3. The van der Waals surface area contributed by atoms with E-state index in [4.69, 9.17) is 9.05 Å². The number of carbonyl (C=O) groups excluding carboxylic acids is 1. The van der Waals surface area contributed by atoms with Crippen molar-refractivity contribution in [1.29, 1.82) is 0 Å². The lowest BCUT2D eigenvalue weighted by atomic mass is 10.0. The molecule has 1 amide bonds. The number of rotatable bonds is 64. The van der Waals surface area contributed by atoms with Crippen molar-refractivity contribution in [2.24, 2.45) is 0 Å². The van der Waals surface area contributed by atoms with Gasteiger partial charge >= 0.3 is 0 Å². The summed E-state index contributed by atoms with van der Waals surface area (Å²) in [5.41, 5.74) is 0. The number of hydrogen-bond donors (Lipinski definition) is 2. The number of phosphoric acid groups is 1. The van der Waals surface area contributed by atoms with Crippen molar-refractivity contribution >= 4 is 13.7 Å². The first kappa shape index (κ1) is 74.5. The van der Waals surface area contributed by atoms with E-state index in [9.17, 15) is 19.4 Å². The number of aliphatic hydroxyl groups excluding tert-OH is 1. The molecule has 2 N–H and O–H groups in total. The van der Waals surface area contributed by atoms with E-state index in [0.717, 1.165) is 38.5 Å². The van der Waals surface area contributed by atoms with E-state index in [1.807, 2.05) is 21.1 Å². The molecule has 0 aromatic rings. The predicted octanol–water partition coefficient (Wildman–Crippen LogP) is 20.5. The van der Waals surface area contributed by atoms with E-state index in [2.05, 4.69) is 19.2 Å².